The predicted molar refractivity (Wildman–Crippen MR) is 173 cm³/mol. The van der Waals surface area contributed by atoms with Gasteiger partial charge in [-0.25, -0.2) is 0 Å². The number of carbonyl (C=O) groups excluding carboxylic acids is 2. The SMILES string of the molecule is CC(=O)N1CCc2c(c(-c3cccc4cc(-c5ccc(CCC6CCN(c7ccc(C=O)nn7)CC6)nc5)ncc34)nn2C)C1. The van der Waals surface area contributed by atoms with Crippen LogP contribution in [0.1, 0.15) is 53.6 Å². The maximum absolute atomic E-state index is 12.1. The number of piperidine rings is 1. The van der Waals surface area contributed by atoms with Crippen LogP contribution in [0.25, 0.3) is 33.3 Å². The van der Waals surface area contributed by atoms with E-state index in [4.69, 9.17) is 15.1 Å². The first kappa shape index (κ1) is 28.8. The summed E-state index contributed by atoms with van der Waals surface area (Å²) in [5.74, 6) is 1.58. The van der Waals surface area contributed by atoms with Gasteiger partial charge in [0.1, 0.15) is 5.69 Å². The average molecular weight is 601 g/mol. The van der Waals surface area contributed by atoms with E-state index in [2.05, 4.69) is 51.5 Å². The number of hydrogen-bond acceptors (Lipinski definition) is 8. The van der Waals surface area contributed by atoms with Crippen LogP contribution in [-0.2, 0) is 31.2 Å². The van der Waals surface area contributed by atoms with Crippen molar-refractivity contribution in [3.05, 3.63) is 83.6 Å². The zero-order chi connectivity index (χ0) is 30.9. The van der Waals surface area contributed by atoms with Gasteiger partial charge in [-0.15, -0.1) is 10.2 Å². The Labute approximate surface area is 262 Å². The molecule has 2 aliphatic heterocycles. The Kier molecular flexibility index (Phi) is 7.79. The molecule has 0 spiro atoms. The molecule has 0 bridgehead atoms. The topological polar surface area (TPSA) is 110 Å². The highest BCUT2D eigenvalue weighted by atomic mass is 16.2. The first-order valence-corrected chi connectivity index (χ1v) is 15.7. The van der Waals surface area contributed by atoms with Crippen molar-refractivity contribution >= 4 is 28.8 Å². The van der Waals surface area contributed by atoms with Crippen LogP contribution < -0.4 is 4.90 Å². The molecule has 228 valence electrons. The first-order chi connectivity index (χ1) is 22.0. The van der Waals surface area contributed by atoms with Gasteiger partial charge in [0.15, 0.2) is 12.1 Å². The van der Waals surface area contributed by atoms with E-state index in [1.165, 1.54) is 5.69 Å². The maximum atomic E-state index is 12.1. The van der Waals surface area contributed by atoms with Gasteiger partial charge >= 0.3 is 0 Å². The van der Waals surface area contributed by atoms with Gasteiger partial charge in [0.25, 0.3) is 0 Å². The number of aromatic nitrogens is 6. The van der Waals surface area contributed by atoms with Gasteiger partial charge in [0.05, 0.1) is 11.4 Å². The number of hydrogen-bond donors (Lipinski definition) is 0. The second kappa shape index (κ2) is 12.2. The van der Waals surface area contributed by atoms with Gasteiger partial charge in [0, 0.05) is 92.4 Å². The number of rotatable bonds is 7. The summed E-state index contributed by atoms with van der Waals surface area (Å²) < 4.78 is 1.96. The largest absolute Gasteiger partial charge is 0.355 e. The fraction of sp³-hybridized carbons (Fsp3) is 0.343. The summed E-state index contributed by atoms with van der Waals surface area (Å²) >= 11 is 0. The van der Waals surface area contributed by atoms with Crippen LogP contribution in [0.2, 0.25) is 0 Å². The lowest BCUT2D eigenvalue weighted by Gasteiger charge is -2.32. The number of anilines is 1. The highest BCUT2D eigenvalue weighted by Gasteiger charge is 2.26. The fourth-order valence-electron chi connectivity index (χ4n) is 6.71. The van der Waals surface area contributed by atoms with Crippen molar-refractivity contribution in [2.24, 2.45) is 13.0 Å². The minimum absolute atomic E-state index is 0.0933. The molecule has 10 nitrogen and oxygen atoms in total. The van der Waals surface area contributed by atoms with Crippen molar-refractivity contribution in [1.29, 1.82) is 0 Å². The Morgan fingerprint density at radius 2 is 1.87 bits per heavy atom. The Morgan fingerprint density at radius 3 is 2.60 bits per heavy atom. The van der Waals surface area contributed by atoms with Crippen LogP contribution in [-0.4, -0.2) is 66.7 Å². The second-order valence-electron chi connectivity index (χ2n) is 12.1. The molecule has 0 unspecified atom stereocenters. The van der Waals surface area contributed by atoms with E-state index in [0.29, 0.717) is 18.2 Å². The van der Waals surface area contributed by atoms with Gasteiger partial charge in [-0.2, -0.15) is 5.10 Å². The number of aldehydes is 1. The van der Waals surface area contributed by atoms with E-state index in [1.54, 1.807) is 13.0 Å². The molecule has 1 saturated heterocycles. The zero-order valence-electron chi connectivity index (χ0n) is 25.7. The third kappa shape index (κ3) is 5.80. The number of fused-ring (bicyclic) bond motifs is 2. The van der Waals surface area contributed by atoms with E-state index < -0.39 is 0 Å². The quantitative estimate of drug-likeness (QED) is 0.239. The van der Waals surface area contributed by atoms with E-state index in [1.807, 2.05) is 35.1 Å². The fourth-order valence-corrected chi connectivity index (χ4v) is 6.71. The minimum atomic E-state index is 0.0933. The van der Waals surface area contributed by atoms with Crippen molar-refractivity contribution in [3.8, 4) is 22.5 Å². The Bertz CT molecular complexity index is 1860. The van der Waals surface area contributed by atoms with E-state index in [-0.39, 0.29) is 5.91 Å². The summed E-state index contributed by atoms with van der Waals surface area (Å²) in [5.41, 5.74) is 7.63. The Balaban J connectivity index is 1.01. The Hall–Kier alpha value is -4.99. The molecular weight excluding hydrogens is 564 g/mol. The van der Waals surface area contributed by atoms with Crippen molar-refractivity contribution < 1.29 is 9.59 Å². The number of benzene rings is 1. The monoisotopic (exact) mass is 600 g/mol. The molecule has 0 aliphatic carbocycles. The minimum Gasteiger partial charge on any atom is -0.355 e. The zero-order valence-corrected chi connectivity index (χ0v) is 25.7. The third-order valence-corrected chi connectivity index (χ3v) is 9.37. The number of aryl methyl sites for hydroxylation is 2. The molecule has 1 amide bonds. The average Bonchev–Trinajstić information content (AvgIpc) is 3.42. The van der Waals surface area contributed by atoms with Crippen molar-refractivity contribution in [2.75, 3.05) is 24.5 Å². The molecule has 0 N–H and O–H groups in total. The molecule has 2 aliphatic rings. The maximum Gasteiger partial charge on any atom is 0.219 e. The summed E-state index contributed by atoms with van der Waals surface area (Å²) in [4.78, 5) is 36.7. The molecule has 0 atom stereocenters. The molecule has 5 aromatic rings. The van der Waals surface area contributed by atoms with Crippen LogP contribution in [0.4, 0.5) is 5.82 Å². The lowest BCUT2D eigenvalue weighted by atomic mass is 9.91. The van der Waals surface area contributed by atoms with Crippen molar-refractivity contribution in [3.63, 3.8) is 0 Å². The van der Waals surface area contributed by atoms with E-state index >= 15 is 0 Å². The van der Waals surface area contributed by atoms with Crippen LogP contribution in [0.5, 0.6) is 0 Å². The second-order valence-corrected chi connectivity index (χ2v) is 12.1. The summed E-state index contributed by atoms with van der Waals surface area (Å²) in [6, 6.07) is 16.2. The van der Waals surface area contributed by atoms with Gasteiger partial charge in [-0.1, -0.05) is 18.2 Å². The molecule has 10 heteroatoms. The number of nitrogens with zero attached hydrogens (tertiary/aromatic N) is 8. The van der Waals surface area contributed by atoms with Gasteiger partial charge in [0.2, 0.25) is 5.91 Å². The molecule has 6 heterocycles. The normalized spacial score (nSPS) is 15.3. The molecule has 4 aromatic heterocycles. The molecule has 45 heavy (non-hydrogen) atoms. The summed E-state index contributed by atoms with van der Waals surface area (Å²) in [7, 11) is 1.99. The molecule has 1 fully saturated rings. The van der Waals surface area contributed by atoms with E-state index in [0.717, 1.165) is 108 Å². The molecular formula is C35H36N8O2. The molecule has 0 radical (unpaired) electrons. The van der Waals surface area contributed by atoms with Crippen LogP contribution in [0, 0.1) is 5.92 Å². The first-order valence-electron chi connectivity index (χ1n) is 15.7. The predicted octanol–water partition coefficient (Wildman–Crippen LogP) is 5.05. The summed E-state index contributed by atoms with van der Waals surface area (Å²) in [6.07, 6.45) is 9.67. The lowest BCUT2D eigenvalue weighted by molar-refractivity contribution is -0.129. The number of carbonyl (C=O) groups is 2. The molecule has 7 rings (SSSR count). The van der Waals surface area contributed by atoms with Crippen LogP contribution in [0.3, 0.4) is 0 Å². The van der Waals surface area contributed by atoms with Gasteiger partial charge in [-0.05, 0) is 67.3 Å². The standard InChI is InChI=1S/C35H36N8O2/c1-23(45)43-17-14-33-31(21-43)35(40-41(33)2)29-5-3-4-25-18-32(37-20-30(25)29)26-7-9-27(36-19-26)8-6-24-12-15-42(16-13-24)34-11-10-28(22-44)38-39-34/h3-5,7,9-11,18-20,22,24H,6,8,12-17,21H2,1-2H3. The summed E-state index contributed by atoms with van der Waals surface area (Å²) in [5, 5.41) is 15.2. The van der Waals surface area contributed by atoms with Gasteiger partial charge < -0.3 is 9.80 Å². The smallest absolute Gasteiger partial charge is 0.219 e. The molecule has 0 saturated carbocycles. The van der Waals surface area contributed by atoms with Crippen molar-refractivity contribution in [1.82, 2.24) is 34.8 Å². The summed E-state index contributed by atoms with van der Waals surface area (Å²) in [6.45, 7) is 4.83. The van der Waals surface area contributed by atoms with Gasteiger partial charge in [-0.3, -0.25) is 24.2 Å². The van der Waals surface area contributed by atoms with Crippen LogP contribution >= 0.6 is 0 Å². The number of amides is 1. The lowest BCUT2D eigenvalue weighted by Crippen LogP contribution is -2.34. The van der Waals surface area contributed by atoms with E-state index in [9.17, 15) is 9.59 Å². The highest BCUT2D eigenvalue weighted by Crippen LogP contribution is 2.35. The van der Waals surface area contributed by atoms with Crippen molar-refractivity contribution in [2.45, 2.75) is 45.6 Å². The third-order valence-electron chi connectivity index (χ3n) is 9.37. The number of pyridine rings is 2. The Morgan fingerprint density at radius 1 is 1.00 bits per heavy atom. The molecule has 1 aromatic carbocycles. The van der Waals surface area contributed by atoms with Crippen LogP contribution in [0.15, 0.2) is 60.9 Å². The highest BCUT2D eigenvalue weighted by molar-refractivity contribution is 5.97.